The van der Waals surface area contributed by atoms with Gasteiger partial charge in [0.2, 0.25) is 11.8 Å². The second-order valence-corrected chi connectivity index (χ2v) is 7.25. The van der Waals surface area contributed by atoms with Gasteiger partial charge in [-0.3, -0.25) is 14.5 Å². The summed E-state index contributed by atoms with van der Waals surface area (Å²) in [4.78, 5) is 28.4. The minimum absolute atomic E-state index is 0.0141. The topological polar surface area (TPSA) is 61.9 Å². The Labute approximate surface area is 166 Å². The quantitative estimate of drug-likeness (QED) is 0.835. The van der Waals surface area contributed by atoms with Gasteiger partial charge in [-0.15, -0.1) is 0 Å². The highest BCUT2D eigenvalue weighted by molar-refractivity contribution is 5.92. The van der Waals surface area contributed by atoms with Gasteiger partial charge in [-0.2, -0.15) is 0 Å². The van der Waals surface area contributed by atoms with Gasteiger partial charge in [-0.05, 0) is 24.3 Å². The van der Waals surface area contributed by atoms with E-state index in [9.17, 15) is 9.59 Å². The van der Waals surface area contributed by atoms with Gasteiger partial charge >= 0.3 is 0 Å². The van der Waals surface area contributed by atoms with E-state index in [2.05, 4.69) is 10.2 Å². The Morgan fingerprint density at radius 3 is 2.32 bits per heavy atom. The van der Waals surface area contributed by atoms with Crippen molar-refractivity contribution in [3.8, 4) is 11.5 Å². The Morgan fingerprint density at radius 1 is 0.964 bits per heavy atom. The zero-order valence-electron chi connectivity index (χ0n) is 16.4. The summed E-state index contributed by atoms with van der Waals surface area (Å²) in [6, 6.07) is 16.9. The largest absolute Gasteiger partial charge is 0.457 e. The summed E-state index contributed by atoms with van der Waals surface area (Å²) in [6.07, 6.45) is 0. The molecule has 0 radical (unpaired) electrons. The van der Waals surface area contributed by atoms with Crippen molar-refractivity contribution in [1.29, 1.82) is 0 Å². The first-order valence-electron chi connectivity index (χ1n) is 9.65. The van der Waals surface area contributed by atoms with Crippen LogP contribution in [0.3, 0.4) is 0 Å². The molecule has 1 aliphatic heterocycles. The fraction of sp³-hybridized carbons (Fsp3) is 0.364. The van der Waals surface area contributed by atoms with Crippen LogP contribution in [0.1, 0.15) is 13.8 Å². The monoisotopic (exact) mass is 381 g/mol. The molecule has 1 saturated heterocycles. The average molecular weight is 381 g/mol. The third-order valence-corrected chi connectivity index (χ3v) is 4.64. The number of anilines is 1. The van der Waals surface area contributed by atoms with Crippen LogP contribution in [0.4, 0.5) is 5.69 Å². The number of para-hydroxylation sites is 1. The van der Waals surface area contributed by atoms with Gasteiger partial charge in [-0.25, -0.2) is 0 Å². The van der Waals surface area contributed by atoms with Crippen molar-refractivity contribution >= 4 is 17.5 Å². The van der Waals surface area contributed by atoms with E-state index < -0.39 is 0 Å². The lowest BCUT2D eigenvalue weighted by molar-refractivity contribution is -0.136. The Balaban J connectivity index is 1.49. The summed E-state index contributed by atoms with van der Waals surface area (Å²) in [6.45, 7) is 6.91. The van der Waals surface area contributed by atoms with Crippen LogP contribution >= 0.6 is 0 Å². The van der Waals surface area contributed by atoms with Crippen LogP contribution in [-0.4, -0.2) is 54.3 Å². The summed E-state index contributed by atoms with van der Waals surface area (Å²) in [7, 11) is 0. The molecule has 0 unspecified atom stereocenters. The molecule has 0 spiro atoms. The van der Waals surface area contributed by atoms with Crippen molar-refractivity contribution in [3.05, 3.63) is 54.6 Å². The van der Waals surface area contributed by atoms with E-state index in [0.29, 0.717) is 44.2 Å². The van der Waals surface area contributed by atoms with E-state index in [1.807, 2.05) is 73.3 Å². The Hall–Kier alpha value is -2.86. The highest BCUT2D eigenvalue weighted by Crippen LogP contribution is 2.23. The molecule has 1 N–H and O–H groups in total. The van der Waals surface area contributed by atoms with Gasteiger partial charge in [0.25, 0.3) is 0 Å². The van der Waals surface area contributed by atoms with Crippen molar-refractivity contribution in [2.75, 3.05) is 38.0 Å². The van der Waals surface area contributed by atoms with Gasteiger partial charge in [0.1, 0.15) is 11.5 Å². The molecule has 1 aliphatic rings. The molecule has 148 valence electrons. The smallest absolute Gasteiger partial charge is 0.238 e. The van der Waals surface area contributed by atoms with Crippen molar-refractivity contribution in [1.82, 2.24) is 9.80 Å². The number of carbonyl (C=O) groups excluding carboxylic acids is 2. The number of nitrogens with zero attached hydrogens (tertiary/aromatic N) is 2. The van der Waals surface area contributed by atoms with Crippen LogP contribution < -0.4 is 10.1 Å². The normalized spacial score (nSPS) is 14.8. The summed E-state index contributed by atoms with van der Waals surface area (Å²) >= 11 is 0. The van der Waals surface area contributed by atoms with Crippen LogP contribution in [0, 0.1) is 5.92 Å². The van der Waals surface area contributed by atoms with Crippen LogP contribution in [0.2, 0.25) is 0 Å². The van der Waals surface area contributed by atoms with Crippen molar-refractivity contribution < 1.29 is 14.3 Å². The number of rotatable bonds is 6. The summed E-state index contributed by atoms with van der Waals surface area (Å²) < 4.78 is 5.80. The fourth-order valence-electron chi connectivity index (χ4n) is 3.16. The highest BCUT2D eigenvalue weighted by atomic mass is 16.5. The Kier molecular flexibility index (Phi) is 6.66. The van der Waals surface area contributed by atoms with Crippen LogP contribution in [-0.2, 0) is 9.59 Å². The van der Waals surface area contributed by atoms with Crippen molar-refractivity contribution in [2.45, 2.75) is 13.8 Å². The number of ether oxygens (including phenoxy) is 1. The lowest BCUT2D eigenvalue weighted by Gasteiger charge is -2.35. The number of piperazine rings is 1. The number of hydrogen-bond acceptors (Lipinski definition) is 4. The Morgan fingerprint density at radius 2 is 1.64 bits per heavy atom. The maximum absolute atomic E-state index is 12.4. The first kappa shape index (κ1) is 19.9. The molecule has 6 nitrogen and oxygen atoms in total. The molecule has 0 atom stereocenters. The summed E-state index contributed by atoms with van der Waals surface area (Å²) in [5, 5.41) is 2.93. The van der Waals surface area contributed by atoms with Crippen LogP contribution in [0.15, 0.2) is 54.6 Å². The van der Waals surface area contributed by atoms with Gasteiger partial charge < -0.3 is 15.0 Å². The molecule has 0 aliphatic carbocycles. The first-order valence-corrected chi connectivity index (χ1v) is 9.65. The predicted octanol–water partition coefficient (Wildman–Crippen LogP) is 3.22. The molecule has 3 rings (SSSR count). The van der Waals surface area contributed by atoms with E-state index in [1.165, 1.54) is 0 Å². The molecule has 1 fully saturated rings. The van der Waals surface area contributed by atoms with E-state index in [-0.39, 0.29) is 17.7 Å². The van der Waals surface area contributed by atoms with Gasteiger partial charge in [0.05, 0.1) is 6.54 Å². The van der Waals surface area contributed by atoms with Crippen molar-refractivity contribution in [3.63, 3.8) is 0 Å². The molecule has 0 bridgehead atoms. The van der Waals surface area contributed by atoms with Gasteiger partial charge in [0, 0.05) is 43.9 Å². The number of hydrogen-bond donors (Lipinski definition) is 1. The van der Waals surface area contributed by atoms with E-state index >= 15 is 0 Å². The van der Waals surface area contributed by atoms with Crippen LogP contribution in [0.5, 0.6) is 11.5 Å². The first-order chi connectivity index (χ1) is 13.5. The zero-order valence-corrected chi connectivity index (χ0v) is 16.4. The molecule has 1 heterocycles. The minimum Gasteiger partial charge on any atom is -0.457 e. The summed E-state index contributed by atoms with van der Waals surface area (Å²) in [5.74, 6) is 1.55. The second-order valence-electron chi connectivity index (χ2n) is 7.25. The molecule has 2 aromatic carbocycles. The molecular formula is C22H27N3O3. The third-order valence-electron chi connectivity index (χ3n) is 4.64. The maximum Gasteiger partial charge on any atom is 0.238 e. The molecular weight excluding hydrogens is 354 g/mol. The third kappa shape index (κ3) is 5.57. The molecule has 6 heteroatoms. The lowest BCUT2D eigenvalue weighted by Crippen LogP contribution is -2.51. The fourth-order valence-corrected chi connectivity index (χ4v) is 3.16. The van der Waals surface area contributed by atoms with E-state index in [1.54, 1.807) is 0 Å². The van der Waals surface area contributed by atoms with Crippen molar-refractivity contribution in [2.24, 2.45) is 5.92 Å². The number of nitrogens with one attached hydrogen (secondary N) is 1. The maximum atomic E-state index is 12.4. The molecule has 2 aromatic rings. The minimum atomic E-state index is -0.0690. The van der Waals surface area contributed by atoms with Gasteiger partial charge in [0.15, 0.2) is 0 Å². The standard InChI is InChI=1S/C22H27N3O3/c1-17(2)22(27)25-13-11-24(12-14-25)16-21(26)23-18-7-6-10-20(15-18)28-19-8-4-3-5-9-19/h3-10,15,17H,11-14,16H2,1-2H3,(H,23,26). The van der Waals surface area contributed by atoms with Gasteiger partial charge in [-0.1, -0.05) is 38.1 Å². The SMILES string of the molecule is CC(C)C(=O)N1CCN(CC(=O)Nc2cccc(Oc3ccccc3)c2)CC1. The molecule has 0 saturated carbocycles. The predicted molar refractivity (Wildman–Crippen MR) is 109 cm³/mol. The summed E-state index contributed by atoms with van der Waals surface area (Å²) in [5.41, 5.74) is 0.701. The molecule has 0 aromatic heterocycles. The average Bonchev–Trinajstić information content (AvgIpc) is 2.69. The van der Waals surface area contributed by atoms with Crippen LogP contribution in [0.25, 0.3) is 0 Å². The molecule has 2 amide bonds. The van der Waals surface area contributed by atoms with E-state index in [0.717, 1.165) is 5.75 Å². The number of benzene rings is 2. The number of amides is 2. The Bertz CT molecular complexity index is 800. The lowest BCUT2D eigenvalue weighted by atomic mass is 10.1. The zero-order chi connectivity index (χ0) is 19.9. The second kappa shape index (κ2) is 9.37. The number of carbonyl (C=O) groups is 2. The molecule has 28 heavy (non-hydrogen) atoms. The highest BCUT2D eigenvalue weighted by Gasteiger charge is 2.23. The van der Waals surface area contributed by atoms with E-state index in [4.69, 9.17) is 4.74 Å².